The number of ether oxygens (including phenoxy) is 4. The molecule has 4 aliphatic rings. The lowest BCUT2D eigenvalue weighted by atomic mass is 9.85. The van der Waals surface area contributed by atoms with Gasteiger partial charge in [0.15, 0.2) is 6.29 Å². The Kier molecular flexibility index (Phi) is 13.8. The highest BCUT2D eigenvalue weighted by atomic mass is 19.3. The lowest BCUT2D eigenvalue weighted by Gasteiger charge is -2.36. The molecule has 0 spiro atoms. The van der Waals surface area contributed by atoms with Gasteiger partial charge < -0.3 is 39.4 Å². The van der Waals surface area contributed by atoms with Crippen molar-refractivity contribution in [1.29, 1.82) is 0 Å². The van der Waals surface area contributed by atoms with E-state index in [-0.39, 0.29) is 38.6 Å². The van der Waals surface area contributed by atoms with Crippen LogP contribution in [-0.2, 0) is 23.9 Å². The van der Waals surface area contributed by atoms with Crippen LogP contribution in [0.3, 0.4) is 0 Å². The molecule has 1 saturated carbocycles. The van der Waals surface area contributed by atoms with Crippen molar-refractivity contribution in [3.63, 3.8) is 0 Å². The van der Waals surface area contributed by atoms with Gasteiger partial charge in [-0.15, -0.1) is 0 Å². The van der Waals surface area contributed by atoms with Crippen LogP contribution in [0.4, 0.5) is 4.53 Å². The van der Waals surface area contributed by atoms with Gasteiger partial charge in [-0.1, -0.05) is 64.2 Å². The molecule has 8 atom stereocenters. The van der Waals surface area contributed by atoms with Crippen molar-refractivity contribution < 1.29 is 48.8 Å². The predicted octanol–water partition coefficient (Wildman–Crippen LogP) is 2.56. The van der Waals surface area contributed by atoms with E-state index in [4.69, 9.17) is 24.1 Å². The largest absolute Gasteiger partial charge is 0.394 e. The maximum Gasteiger partial charge on any atom is 0.185 e. The summed E-state index contributed by atoms with van der Waals surface area (Å²) in [6.45, 7) is 0.570. The summed E-state index contributed by atoms with van der Waals surface area (Å²) in [4.78, 5) is 3.38. The van der Waals surface area contributed by atoms with Gasteiger partial charge in [-0.25, -0.2) is 0 Å². The van der Waals surface area contributed by atoms with Gasteiger partial charge in [-0.2, -0.15) is 4.94 Å². The average molecular weight is 523 g/mol. The van der Waals surface area contributed by atoms with Crippen LogP contribution in [0, 0.1) is 5.92 Å². The van der Waals surface area contributed by atoms with E-state index in [9.17, 15) is 19.8 Å². The van der Waals surface area contributed by atoms with E-state index in [0.29, 0.717) is 13.0 Å². The highest BCUT2D eigenvalue weighted by Gasteiger charge is 2.49. The van der Waals surface area contributed by atoms with Crippen molar-refractivity contribution in [2.75, 3.05) is 26.4 Å². The Bertz CT molecular complexity index is 580. The zero-order valence-electron chi connectivity index (χ0n) is 21.4. The molecular formula is C26H47FO9. The van der Waals surface area contributed by atoms with Crippen LogP contribution in [0.1, 0.15) is 83.5 Å². The summed E-state index contributed by atoms with van der Waals surface area (Å²) in [6.07, 6.45) is 11.4. The third-order valence-electron chi connectivity index (χ3n) is 7.73. The van der Waals surface area contributed by atoms with E-state index in [0.717, 1.165) is 12.3 Å². The molecule has 0 aromatic heterocycles. The van der Waals surface area contributed by atoms with Crippen molar-refractivity contribution in [3.05, 3.63) is 0 Å². The smallest absolute Gasteiger partial charge is 0.185 e. The quantitative estimate of drug-likeness (QED) is 0.213. The summed E-state index contributed by atoms with van der Waals surface area (Å²) in [7, 11) is 0. The molecule has 1 aliphatic carbocycles. The first-order chi connectivity index (χ1) is 17.5. The van der Waals surface area contributed by atoms with Crippen molar-refractivity contribution in [3.8, 4) is 0 Å². The molecule has 36 heavy (non-hydrogen) atoms. The van der Waals surface area contributed by atoms with Gasteiger partial charge in [-0.3, -0.25) is 0 Å². The standard InChI is InChI=1S/C20H38O5.C6H9FO4/c21-14-17-13-18(22)20(23)19(25-17)15-24-12-8-3-1-2-5-9-16-10-6-4-7-11-16;7-9-2-5-3(8)1-4-6(10-4)11-5/h16-23H,1-15H2;3-6,8H,1-2H2. The van der Waals surface area contributed by atoms with E-state index in [2.05, 4.69) is 4.94 Å². The van der Waals surface area contributed by atoms with E-state index in [1.807, 2.05) is 0 Å². The van der Waals surface area contributed by atoms with Gasteiger partial charge in [0.25, 0.3) is 0 Å². The fourth-order valence-corrected chi connectivity index (χ4v) is 5.42. The first kappa shape index (κ1) is 30.1. The monoisotopic (exact) mass is 522 g/mol. The lowest BCUT2D eigenvalue weighted by molar-refractivity contribution is -0.196. The van der Waals surface area contributed by atoms with Crippen LogP contribution in [-0.4, -0.2) is 95.9 Å². The van der Waals surface area contributed by atoms with E-state index >= 15 is 0 Å². The molecule has 9 nitrogen and oxygen atoms in total. The van der Waals surface area contributed by atoms with Gasteiger partial charge in [0.05, 0.1) is 31.5 Å². The second kappa shape index (κ2) is 16.5. The highest BCUT2D eigenvalue weighted by molar-refractivity contribution is 4.89. The molecule has 3 aliphatic heterocycles. The maximum absolute atomic E-state index is 11.4. The highest BCUT2D eigenvalue weighted by Crippen LogP contribution is 2.35. The fourth-order valence-electron chi connectivity index (χ4n) is 5.42. The molecule has 4 fully saturated rings. The third kappa shape index (κ3) is 10.4. The molecule has 0 radical (unpaired) electrons. The van der Waals surface area contributed by atoms with Crippen molar-refractivity contribution in [2.24, 2.45) is 5.92 Å². The molecule has 212 valence electrons. The number of rotatable bonds is 13. The molecule has 0 bridgehead atoms. The van der Waals surface area contributed by atoms with Crippen molar-refractivity contribution in [1.82, 2.24) is 0 Å². The first-order valence-electron chi connectivity index (χ1n) is 13.9. The van der Waals surface area contributed by atoms with Gasteiger partial charge in [0, 0.05) is 19.4 Å². The minimum atomic E-state index is -0.928. The molecule has 4 rings (SSSR count). The Balaban J connectivity index is 0.000000270. The summed E-state index contributed by atoms with van der Waals surface area (Å²) in [5.74, 6) is 0.997. The Hall–Kier alpha value is -0.430. The van der Waals surface area contributed by atoms with E-state index in [1.165, 1.54) is 64.2 Å². The summed E-state index contributed by atoms with van der Waals surface area (Å²) < 4.78 is 32.6. The number of epoxide rings is 1. The second-order valence-electron chi connectivity index (χ2n) is 10.7. The summed E-state index contributed by atoms with van der Waals surface area (Å²) in [6, 6.07) is 0. The topological polar surface area (TPSA) is 130 Å². The SMILES string of the molecule is OC1CC2OC2OC1COF.OCC1CC(O)C(O)C(COCCCCCCCC2CCCCC2)O1. The van der Waals surface area contributed by atoms with Crippen LogP contribution in [0.5, 0.6) is 0 Å². The molecule has 3 saturated heterocycles. The normalized spacial score (nSPS) is 36.6. The van der Waals surface area contributed by atoms with E-state index < -0.39 is 36.6 Å². The number of aliphatic hydroxyl groups excluding tert-OH is 4. The number of unbranched alkanes of at least 4 members (excludes halogenated alkanes) is 4. The predicted molar refractivity (Wildman–Crippen MR) is 129 cm³/mol. The molecule has 0 aromatic carbocycles. The minimum absolute atomic E-state index is 0.0147. The molecule has 4 N–H and O–H groups in total. The molecule has 8 unspecified atom stereocenters. The number of aliphatic hydroxyl groups is 4. The maximum atomic E-state index is 11.4. The Morgan fingerprint density at radius 1 is 0.778 bits per heavy atom. The first-order valence-corrected chi connectivity index (χ1v) is 13.9. The fraction of sp³-hybridized carbons (Fsp3) is 1.00. The second-order valence-corrected chi connectivity index (χ2v) is 10.7. The molecule has 3 heterocycles. The van der Waals surface area contributed by atoms with Crippen molar-refractivity contribution in [2.45, 2.75) is 132 Å². The molecule has 0 aromatic rings. The summed E-state index contributed by atoms with van der Waals surface area (Å²) in [5, 5.41) is 38.1. The zero-order valence-corrected chi connectivity index (χ0v) is 21.4. The van der Waals surface area contributed by atoms with Crippen molar-refractivity contribution >= 4 is 0 Å². The van der Waals surface area contributed by atoms with Gasteiger partial charge in [0.2, 0.25) is 0 Å². The Labute approximate surface area is 214 Å². The van der Waals surface area contributed by atoms with E-state index in [1.54, 1.807) is 0 Å². The summed E-state index contributed by atoms with van der Waals surface area (Å²) >= 11 is 0. The lowest BCUT2D eigenvalue weighted by Crippen LogP contribution is -2.51. The van der Waals surface area contributed by atoms with Gasteiger partial charge >= 0.3 is 0 Å². The number of halogens is 1. The molecule has 10 heteroatoms. The van der Waals surface area contributed by atoms with Crippen LogP contribution in [0.15, 0.2) is 0 Å². The number of hydrogen-bond donors (Lipinski definition) is 4. The zero-order chi connectivity index (χ0) is 25.8. The number of fused-ring (bicyclic) bond motifs is 1. The molecule has 0 amide bonds. The Morgan fingerprint density at radius 2 is 1.53 bits per heavy atom. The third-order valence-corrected chi connectivity index (χ3v) is 7.73. The van der Waals surface area contributed by atoms with Crippen LogP contribution in [0.25, 0.3) is 0 Å². The number of hydrogen-bond acceptors (Lipinski definition) is 9. The van der Waals surface area contributed by atoms with Crippen LogP contribution < -0.4 is 0 Å². The van der Waals surface area contributed by atoms with Gasteiger partial charge in [0.1, 0.15) is 31.0 Å². The van der Waals surface area contributed by atoms with Crippen LogP contribution >= 0.6 is 0 Å². The summed E-state index contributed by atoms with van der Waals surface area (Å²) in [5.41, 5.74) is 0. The average Bonchev–Trinajstić information content (AvgIpc) is 3.64. The van der Waals surface area contributed by atoms with Crippen LogP contribution in [0.2, 0.25) is 0 Å². The Morgan fingerprint density at radius 3 is 2.28 bits per heavy atom. The molecular weight excluding hydrogens is 475 g/mol. The van der Waals surface area contributed by atoms with Gasteiger partial charge in [-0.05, 0) is 16.9 Å². The minimum Gasteiger partial charge on any atom is -0.394 e.